The van der Waals surface area contributed by atoms with Crippen LogP contribution in [0.1, 0.15) is 18.4 Å². The first-order chi connectivity index (χ1) is 8.15. The van der Waals surface area contributed by atoms with Crippen LogP contribution in [0.3, 0.4) is 0 Å². The minimum atomic E-state index is -0.255. The molecule has 2 rings (SSSR count). The Balaban J connectivity index is 2.02. The van der Waals surface area contributed by atoms with Crippen LogP contribution in [0.4, 0.5) is 4.39 Å². The van der Waals surface area contributed by atoms with Gasteiger partial charge in [0.05, 0.1) is 0 Å². The molecular formula is C13H15ClFNO. The third kappa shape index (κ3) is 4.02. The van der Waals surface area contributed by atoms with E-state index in [1.165, 1.54) is 25.0 Å². The maximum atomic E-state index is 13.2. The molecule has 0 spiro atoms. The zero-order valence-electron chi connectivity index (χ0n) is 9.51. The smallest absolute Gasteiger partial charge is 0.124 e. The van der Waals surface area contributed by atoms with Crippen LogP contribution in [0.15, 0.2) is 29.8 Å². The lowest BCUT2D eigenvalue weighted by Gasteiger charge is -2.11. The van der Waals surface area contributed by atoms with Crippen molar-refractivity contribution in [2.75, 3.05) is 6.61 Å². The summed E-state index contributed by atoms with van der Waals surface area (Å²) in [5.74, 6) is 0.399. The standard InChI is InChI=1S/C13H15ClFNO/c1-9(14)8-17-13-5-2-11(15)6-10(13)7-16-12-3-4-12/h2,5-6,12,16H,1,3-4,7-8H2. The van der Waals surface area contributed by atoms with Gasteiger partial charge in [-0.25, -0.2) is 4.39 Å². The SMILES string of the molecule is C=C(Cl)COc1ccc(F)cc1CNC1CC1. The highest BCUT2D eigenvalue weighted by Gasteiger charge is 2.20. The second kappa shape index (κ2) is 5.52. The van der Waals surface area contributed by atoms with Crippen molar-refractivity contribution >= 4 is 11.6 Å². The molecule has 1 fully saturated rings. The Morgan fingerprint density at radius 1 is 1.53 bits per heavy atom. The van der Waals surface area contributed by atoms with Crippen molar-refractivity contribution in [2.24, 2.45) is 0 Å². The first-order valence-electron chi connectivity index (χ1n) is 5.63. The van der Waals surface area contributed by atoms with Gasteiger partial charge in [-0.2, -0.15) is 0 Å². The molecule has 4 heteroatoms. The van der Waals surface area contributed by atoms with Crippen LogP contribution in [-0.4, -0.2) is 12.6 Å². The number of hydrogen-bond donors (Lipinski definition) is 1. The molecule has 1 aliphatic rings. The van der Waals surface area contributed by atoms with Crippen molar-refractivity contribution in [3.63, 3.8) is 0 Å². The molecule has 92 valence electrons. The van der Waals surface area contributed by atoms with E-state index in [4.69, 9.17) is 16.3 Å². The Bertz CT molecular complexity index is 418. The van der Waals surface area contributed by atoms with Crippen molar-refractivity contribution in [1.82, 2.24) is 5.32 Å². The van der Waals surface area contributed by atoms with Crippen molar-refractivity contribution in [3.05, 3.63) is 41.2 Å². The van der Waals surface area contributed by atoms with Crippen LogP contribution in [0.25, 0.3) is 0 Å². The third-order valence-electron chi connectivity index (χ3n) is 2.57. The number of benzene rings is 1. The number of rotatable bonds is 6. The molecule has 1 saturated carbocycles. The first kappa shape index (κ1) is 12.4. The Labute approximate surface area is 105 Å². The lowest BCUT2D eigenvalue weighted by atomic mass is 10.2. The molecule has 1 aliphatic carbocycles. The molecule has 1 aromatic carbocycles. The number of halogens is 2. The zero-order valence-corrected chi connectivity index (χ0v) is 10.3. The maximum absolute atomic E-state index is 13.2. The molecule has 0 radical (unpaired) electrons. The van der Waals surface area contributed by atoms with Gasteiger partial charge in [-0.05, 0) is 31.0 Å². The topological polar surface area (TPSA) is 21.3 Å². The molecule has 0 aliphatic heterocycles. The van der Waals surface area contributed by atoms with Gasteiger partial charge in [-0.1, -0.05) is 18.2 Å². The van der Waals surface area contributed by atoms with Gasteiger partial charge in [0.2, 0.25) is 0 Å². The molecule has 0 unspecified atom stereocenters. The first-order valence-corrected chi connectivity index (χ1v) is 6.01. The molecule has 0 atom stereocenters. The summed E-state index contributed by atoms with van der Waals surface area (Å²) in [5.41, 5.74) is 0.815. The summed E-state index contributed by atoms with van der Waals surface area (Å²) < 4.78 is 18.6. The highest BCUT2D eigenvalue weighted by atomic mass is 35.5. The molecule has 0 amide bonds. The minimum absolute atomic E-state index is 0.240. The van der Waals surface area contributed by atoms with Crippen LogP contribution >= 0.6 is 11.6 Å². The summed E-state index contributed by atoms with van der Waals surface area (Å²) in [5, 5.41) is 3.75. The van der Waals surface area contributed by atoms with Crippen LogP contribution in [0.5, 0.6) is 5.75 Å². The summed E-state index contributed by atoms with van der Waals surface area (Å²) in [6, 6.07) is 5.07. The summed E-state index contributed by atoms with van der Waals surface area (Å²) >= 11 is 5.64. The van der Waals surface area contributed by atoms with E-state index in [2.05, 4.69) is 11.9 Å². The molecule has 2 nitrogen and oxygen atoms in total. The van der Waals surface area contributed by atoms with Crippen LogP contribution < -0.4 is 10.1 Å². The van der Waals surface area contributed by atoms with Gasteiger partial charge < -0.3 is 10.1 Å². The molecule has 1 N–H and O–H groups in total. The summed E-state index contributed by atoms with van der Waals surface area (Å²) in [6.45, 7) is 4.41. The summed E-state index contributed by atoms with van der Waals surface area (Å²) in [7, 11) is 0. The molecule has 0 bridgehead atoms. The van der Waals surface area contributed by atoms with E-state index in [1.54, 1.807) is 6.07 Å². The van der Waals surface area contributed by atoms with E-state index >= 15 is 0 Å². The fourth-order valence-electron chi connectivity index (χ4n) is 1.52. The largest absolute Gasteiger partial charge is 0.488 e. The van der Waals surface area contributed by atoms with Gasteiger partial charge in [0.25, 0.3) is 0 Å². The van der Waals surface area contributed by atoms with Crippen LogP contribution in [0, 0.1) is 5.82 Å². The van der Waals surface area contributed by atoms with Gasteiger partial charge in [0.1, 0.15) is 18.2 Å². The van der Waals surface area contributed by atoms with Gasteiger partial charge >= 0.3 is 0 Å². The predicted octanol–water partition coefficient (Wildman–Crippen LogP) is 3.21. The molecule has 0 heterocycles. The minimum Gasteiger partial charge on any atom is -0.488 e. The molecule has 17 heavy (non-hydrogen) atoms. The Hall–Kier alpha value is -1.06. The van der Waals surface area contributed by atoms with Crippen molar-refractivity contribution < 1.29 is 9.13 Å². The molecule has 0 aromatic heterocycles. The zero-order chi connectivity index (χ0) is 12.3. The number of ether oxygens (including phenoxy) is 1. The van der Waals surface area contributed by atoms with Crippen molar-refractivity contribution in [2.45, 2.75) is 25.4 Å². The van der Waals surface area contributed by atoms with E-state index in [0.29, 0.717) is 23.4 Å². The van der Waals surface area contributed by atoms with Crippen LogP contribution in [0.2, 0.25) is 0 Å². The Morgan fingerprint density at radius 3 is 2.94 bits per heavy atom. The highest BCUT2D eigenvalue weighted by Crippen LogP contribution is 2.23. The molecular weight excluding hydrogens is 241 g/mol. The number of nitrogens with one attached hydrogen (secondary N) is 1. The lowest BCUT2D eigenvalue weighted by Crippen LogP contribution is -2.16. The van der Waals surface area contributed by atoms with Crippen molar-refractivity contribution in [1.29, 1.82) is 0 Å². The van der Waals surface area contributed by atoms with Crippen molar-refractivity contribution in [3.8, 4) is 5.75 Å². The quantitative estimate of drug-likeness (QED) is 0.843. The average molecular weight is 256 g/mol. The number of hydrogen-bond acceptors (Lipinski definition) is 2. The predicted molar refractivity (Wildman–Crippen MR) is 66.7 cm³/mol. The fourth-order valence-corrected chi connectivity index (χ4v) is 1.58. The molecule has 0 saturated heterocycles. The Morgan fingerprint density at radius 2 is 2.29 bits per heavy atom. The second-order valence-corrected chi connectivity index (χ2v) is 4.75. The second-order valence-electron chi connectivity index (χ2n) is 4.21. The van der Waals surface area contributed by atoms with Gasteiger partial charge in [-0.15, -0.1) is 0 Å². The normalized spacial score (nSPS) is 14.7. The monoisotopic (exact) mass is 255 g/mol. The van der Waals surface area contributed by atoms with E-state index in [-0.39, 0.29) is 12.4 Å². The van der Waals surface area contributed by atoms with E-state index in [9.17, 15) is 4.39 Å². The maximum Gasteiger partial charge on any atom is 0.124 e. The van der Waals surface area contributed by atoms with E-state index in [1.807, 2.05) is 0 Å². The van der Waals surface area contributed by atoms with Gasteiger partial charge in [0, 0.05) is 23.2 Å². The molecule has 1 aromatic rings. The van der Waals surface area contributed by atoms with Gasteiger partial charge in [0.15, 0.2) is 0 Å². The summed E-state index contributed by atoms with van der Waals surface area (Å²) in [4.78, 5) is 0. The van der Waals surface area contributed by atoms with E-state index in [0.717, 1.165) is 5.56 Å². The highest BCUT2D eigenvalue weighted by molar-refractivity contribution is 6.29. The summed E-state index contributed by atoms with van der Waals surface area (Å²) in [6.07, 6.45) is 2.40. The van der Waals surface area contributed by atoms with E-state index < -0.39 is 0 Å². The average Bonchev–Trinajstić information content (AvgIpc) is 3.08. The fraction of sp³-hybridized carbons (Fsp3) is 0.385. The lowest BCUT2D eigenvalue weighted by molar-refractivity contribution is 0.353. The third-order valence-corrected chi connectivity index (χ3v) is 2.67. The van der Waals surface area contributed by atoms with Gasteiger partial charge in [-0.3, -0.25) is 0 Å². The van der Waals surface area contributed by atoms with Crippen LogP contribution in [-0.2, 0) is 6.54 Å². The Kier molecular flexibility index (Phi) is 4.02.